The molecule has 2 aromatic carbocycles. The standard InChI is InChI=1S/C20H17BrClN3O3S/c21-16-3-1-4-18(11-16)24-20(26)14-25(13-15-6-8-17(22)9-7-15)29(27,28)19-5-2-10-23-12-19/h1-12H,13-14H2,(H,24,26). The Labute approximate surface area is 182 Å². The molecule has 29 heavy (non-hydrogen) atoms. The monoisotopic (exact) mass is 493 g/mol. The summed E-state index contributed by atoms with van der Waals surface area (Å²) in [6, 6.07) is 16.8. The van der Waals surface area contributed by atoms with Crippen LogP contribution in [0.5, 0.6) is 0 Å². The highest BCUT2D eigenvalue weighted by molar-refractivity contribution is 9.10. The maximum atomic E-state index is 13.1. The summed E-state index contributed by atoms with van der Waals surface area (Å²) >= 11 is 9.25. The van der Waals surface area contributed by atoms with Crippen LogP contribution in [0.4, 0.5) is 5.69 Å². The molecule has 0 atom stereocenters. The number of rotatable bonds is 7. The zero-order valence-electron chi connectivity index (χ0n) is 15.1. The van der Waals surface area contributed by atoms with Crippen LogP contribution in [-0.2, 0) is 21.4 Å². The molecule has 0 unspecified atom stereocenters. The first kappa shape index (κ1) is 21.4. The van der Waals surface area contributed by atoms with E-state index in [1.807, 2.05) is 6.07 Å². The minimum Gasteiger partial charge on any atom is -0.325 e. The van der Waals surface area contributed by atoms with Crippen LogP contribution >= 0.6 is 27.5 Å². The molecule has 1 amide bonds. The van der Waals surface area contributed by atoms with E-state index in [0.717, 1.165) is 8.78 Å². The van der Waals surface area contributed by atoms with Crippen molar-refractivity contribution in [2.45, 2.75) is 11.4 Å². The van der Waals surface area contributed by atoms with Crippen molar-refractivity contribution in [3.8, 4) is 0 Å². The van der Waals surface area contributed by atoms with Crippen molar-refractivity contribution in [1.29, 1.82) is 0 Å². The SMILES string of the molecule is O=C(CN(Cc1ccc(Cl)cc1)S(=O)(=O)c1cccnc1)Nc1cccc(Br)c1. The van der Waals surface area contributed by atoms with Gasteiger partial charge in [-0.05, 0) is 48.0 Å². The third kappa shape index (κ3) is 5.86. The predicted octanol–water partition coefficient (Wildman–Crippen LogP) is 4.33. The molecule has 9 heteroatoms. The Balaban J connectivity index is 1.85. The van der Waals surface area contributed by atoms with E-state index in [4.69, 9.17) is 11.6 Å². The van der Waals surface area contributed by atoms with Crippen LogP contribution in [0.3, 0.4) is 0 Å². The quantitative estimate of drug-likeness (QED) is 0.530. The number of carbonyl (C=O) groups excluding carboxylic acids is 1. The average molecular weight is 495 g/mol. The molecular formula is C20H17BrClN3O3S. The van der Waals surface area contributed by atoms with Crippen molar-refractivity contribution in [2.75, 3.05) is 11.9 Å². The Kier molecular flexibility index (Phi) is 7.02. The number of hydrogen-bond acceptors (Lipinski definition) is 4. The molecule has 150 valence electrons. The molecule has 0 aliphatic rings. The molecule has 0 aliphatic carbocycles. The Bertz CT molecular complexity index is 1090. The van der Waals surface area contributed by atoms with E-state index in [2.05, 4.69) is 26.2 Å². The second kappa shape index (κ2) is 9.49. The number of pyridine rings is 1. The van der Waals surface area contributed by atoms with Gasteiger partial charge < -0.3 is 5.32 Å². The van der Waals surface area contributed by atoms with Gasteiger partial charge in [0, 0.05) is 34.1 Å². The van der Waals surface area contributed by atoms with Gasteiger partial charge in [-0.3, -0.25) is 9.78 Å². The minimum absolute atomic E-state index is 0.0142. The number of hydrogen-bond donors (Lipinski definition) is 1. The zero-order valence-corrected chi connectivity index (χ0v) is 18.3. The van der Waals surface area contributed by atoms with E-state index in [9.17, 15) is 13.2 Å². The van der Waals surface area contributed by atoms with Crippen molar-refractivity contribution >= 4 is 49.1 Å². The van der Waals surface area contributed by atoms with Crippen LogP contribution in [0.15, 0.2) is 82.4 Å². The molecule has 0 saturated heterocycles. The smallest absolute Gasteiger partial charge is 0.245 e. The fourth-order valence-electron chi connectivity index (χ4n) is 2.59. The molecule has 0 saturated carbocycles. The zero-order chi connectivity index (χ0) is 20.9. The van der Waals surface area contributed by atoms with E-state index < -0.39 is 15.9 Å². The Morgan fingerprint density at radius 1 is 1.10 bits per heavy atom. The van der Waals surface area contributed by atoms with E-state index in [0.29, 0.717) is 16.3 Å². The van der Waals surface area contributed by atoms with Crippen LogP contribution in [0.2, 0.25) is 5.02 Å². The van der Waals surface area contributed by atoms with Gasteiger partial charge in [0.25, 0.3) is 0 Å². The first-order valence-electron chi connectivity index (χ1n) is 8.54. The molecule has 1 aromatic heterocycles. The third-order valence-corrected chi connectivity index (χ3v) is 6.49. The second-order valence-corrected chi connectivity index (χ2v) is 9.44. The summed E-state index contributed by atoms with van der Waals surface area (Å²) in [7, 11) is -3.94. The third-order valence-electron chi connectivity index (χ3n) is 3.97. The Hall–Kier alpha value is -2.26. The molecule has 0 aliphatic heterocycles. The summed E-state index contributed by atoms with van der Waals surface area (Å²) in [6.07, 6.45) is 2.75. The number of anilines is 1. The summed E-state index contributed by atoms with van der Waals surface area (Å²) in [4.78, 5) is 16.5. The lowest BCUT2D eigenvalue weighted by Gasteiger charge is -2.22. The Morgan fingerprint density at radius 3 is 2.52 bits per heavy atom. The number of sulfonamides is 1. The largest absolute Gasteiger partial charge is 0.325 e. The van der Waals surface area contributed by atoms with E-state index in [1.165, 1.54) is 24.5 Å². The second-order valence-electron chi connectivity index (χ2n) is 6.15. The van der Waals surface area contributed by atoms with Gasteiger partial charge in [0.2, 0.25) is 15.9 Å². The van der Waals surface area contributed by atoms with E-state index >= 15 is 0 Å². The van der Waals surface area contributed by atoms with Gasteiger partial charge in [-0.25, -0.2) is 8.42 Å². The Morgan fingerprint density at radius 2 is 1.86 bits per heavy atom. The lowest BCUT2D eigenvalue weighted by Crippen LogP contribution is -2.37. The first-order valence-corrected chi connectivity index (χ1v) is 11.2. The summed E-state index contributed by atoms with van der Waals surface area (Å²) in [6.45, 7) is -0.341. The van der Waals surface area contributed by atoms with Crippen LogP contribution in [0, 0.1) is 0 Å². The molecule has 3 rings (SSSR count). The van der Waals surface area contributed by atoms with Crippen molar-refractivity contribution in [3.63, 3.8) is 0 Å². The molecule has 6 nitrogen and oxygen atoms in total. The van der Waals surface area contributed by atoms with Crippen molar-refractivity contribution in [2.24, 2.45) is 0 Å². The molecule has 0 bridgehead atoms. The van der Waals surface area contributed by atoms with Gasteiger partial charge in [-0.1, -0.05) is 45.7 Å². The molecule has 1 N–H and O–H groups in total. The van der Waals surface area contributed by atoms with E-state index in [1.54, 1.807) is 42.5 Å². The molecule has 3 aromatic rings. The van der Waals surface area contributed by atoms with Crippen LogP contribution in [0.1, 0.15) is 5.56 Å². The van der Waals surface area contributed by atoms with Gasteiger partial charge in [0.05, 0.1) is 6.54 Å². The summed E-state index contributed by atoms with van der Waals surface area (Å²) < 4.78 is 28.1. The molecular weight excluding hydrogens is 478 g/mol. The first-order chi connectivity index (χ1) is 13.8. The van der Waals surface area contributed by atoms with Crippen LogP contribution in [0.25, 0.3) is 0 Å². The molecule has 0 fully saturated rings. The van der Waals surface area contributed by atoms with E-state index in [-0.39, 0.29) is 18.0 Å². The highest BCUT2D eigenvalue weighted by Crippen LogP contribution is 2.20. The number of benzene rings is 2. The number of nitrogens with zero attached hydrogens (tertiary/aromatic N) is 2. The van der Waals surface area contributed by atoms with Crippen molar-refractivity contribution in [3.05, 3.63) is 88.1 Å². The fraction of sp³-hybridized carbons (Fsp3) is 0.100. The van der Waals surface area contributed by atoms with Gasteiger partial charge in [0.1, 0.15) is 4.90 Å². The summed E-state index contributed by atoms with van der Waals surface area (Å²) in [5.74, 6) is -0.454. The van der Waals surface area contributed by atoms with Gasteiger partial charge in [-0.2, -0.15) is 4.31 Å². The minimum atomic E-state index is -3.94. The number of halogens is 2. The predicted molar refractivity (Wildman–Crippen MR) is 116 cm³/mol. The number of nitrogens with one attached hydrogen (secondary N) is 1. The molecule has 0 radical (unpaired) electrons. The van der Waals surface area contributed by atoms with Crippen LogP contribution in [-0.4, -0.2) is 30.2 Å². The molecule has 0 spiro atoms. The topological polar surface area (TPSA) is 79.4 Å². The average Bonchev–Trinajstić information content (AvgIpc) is 2.70. The van der Waals surface area contributed by atoms with Crippen molar-refractivity contribution in [1.82, 2.24) is 9.29 Å². The normalized spacial score (nSPS) is 11.4. The highest BCUT2D eigenvalue weighted by Gasteiger charge is 2.27. The lowest BCUT2D eigenvalue weighted by molar-refractivity contribution is -0.116. The number of aromatic nitrogens is 1. The van der Waals surface area contributed by atoms with Gasteiger partial charge in [-0.15, -0.1) is 0 Å². The number of amides is 1. The number of carbonyl (C=O) groups is 1. The summed E-state index contributed by atoms with van der Waals surface area (Å²) in [5, 5.41) is 3.26. The van der Waals surface area contributed by atoms with Crippen LogP contribution < -0.4 is 5.32 Å². The van der Waals surface area contributed by atoms with Gasteiger partial charge in [0.15, 0.2) is 0 Å². The molecule has 1 heterocycles. The maximum absolute atomic E-state index is 13.1. The van der Waals surface area contributed by atoms with Crippen molar-refractivity contribution < 1.29 is 13.2 Å². The fourth-order valence-corrected chi connectivity index (χ4v) is 4.47. The maximum Gasteiger partial charge on any atom is 0.245 e. The highest BCUT2D eigenvalue weighted by atomic mass is 79.9. The van der Waals surface area contributed by atoms with Gasteiger partial charge >= 0.3 is 0 Å². The summed E-state index contributed by atoms with van der Waals surface area (Å²) in [5.41, 5.74) is 1.27. The lowest BCUT2D eigenvalue weighted by atomic mass is 10.2.